The predicted octanol–water partition coefficient (Wildman–Crippen LogP) is 2.78. The van der Waals surface area contributed by atoms with Gasteiger partial charge in [0.05, 0.1) is 12.4 Å². The number of benzene rings is 1. The van der Waals surface area contributed by atoms with E-state index < -0.39 is 0 Å². The second-order valence-corrected chi connectivity index (χ2v) is 3.15. The van der Waals surface area contributed by atoms with Crippen LogP contribution in [0.1, 0.15) is 1.37 Å². The van der Waals surface area contributed by atoms with E-state index in [1.54, 1.807) is 12.3 Å². The van der Waals surface area contributed by atoms with Crippen LogP contribution in [0.3, 0.4) is 0 Å². The second kappa shape index (κ2) is 2.77. The first-order chi connectivity index (χ1) is 7.34. The second-order valence-electron chi connectivity index (χ2n) is 3.15. The van der Waals surface area contributed by atoms with Gasteiger partial charge in [0.1, 0.15) is 0 Å². The highest BCUT2D eigenvalue weighted by atomic mass is 14.7. The first-order valence-corrected chi connectivity index (χ1v) is 4.46. The first-order valence-electron chi connectivity index (χ1n) is 4.96. The van der Waals surface area contributed by atoms with Gasteiger partial charge in [0.2, 0.25) is 0 Å². The minimum Gasteiger partial charge on any atom is -0.256 e. The third-order valence-electron chi connectivity index (χ3n) is 2.30. The third-order valence-corrected chi connectivity index (χ3v) is 2.30. The Bertz CT molecular complexity index is 649. The van der Waals surface area contributed by atoms with Gasteiger partial charge in [-0.15, -0.1) is 0 Å². The largest absolute Gasteiger partial charge is 0.256 e. The van der Waals surface area contributed by atoms with Crippen molar-refractivity contribution in [2.75, 3.05) is 0 Å². The van der Waals surface area contributed by atoms with Crippen molar-refractivity contribution in [3.05, 3.63) is 48.8 Å². The van der Waals surface area contributed by atoms with Crippen molar-refractivity contribution in [2.45, 2.75) is 0 Å². The van der Waals surface area contributed by atoms with E-state index in [0.29, 0.717) is 0 Å². The summed E-state index contributed by atoms with van der Waals surface area (Å²) >= 11 is 0. The normalized spacial score (nSPS) is 11.9. The summed E-state index contributed by atoms with van der Waals surface area (Å²) in [6.45, 7) is 0. The van der Waals surface area contributed by atoms with Crippen LogP contribution >= 0.6 is 0 Å². The Hall–Kier alpha value is -1.96. The van der Waals surface area contributed by atoms with E-state index in [-0.39, 0.29) is 6.17 Å². The highest BCUT2D eigenvalue weighted by Crippen LogP contribution is 2.20. The number of aromatic nitrogens is 2. The number of rotatable bonds is 0. The third kappa shape index (κ3) is 0.973. The molecule has 2 heterocycles. The summed E-state index contributed by atoms with van der Waals surface area (Å²) in [5.41, 5.74) is 1.77. The van der Waals surface area contributed by atoms with Crippen molar-refractivity contribution in [2.24, 2.45) is 0 Å². The van der Waals surface area contributed by atoms with E-state index in [1.807, 2.05) is 30.3 Å². The first kappa shape index (κ1) is 6.49. The average molecular weight is 181 g/mol. The number of fused-ring (bicyclic) bond motifs is 3. The van der Waals surface area contributed by atoms with E-state index in [9.17, 15) is 0 Å². The molecule has 3 rings (SSSR count). The summed E-state index contributed by atoms with van der Waals surface area (Å²) in [4.78, 5) is 8.49. The molecule has 0 saturated heterocycles. The molecule has 2 aromatic heterocycles. The quantitative estimate of drug-likeness (QED) is 0.498. The molecule has 0 aliphatic rings. The minimum atomic E-state index is 0.290. The molecule has 1 aromatic carbocycles. The standard InChI is InChI=1S/C12H8N2/c1-3-9-5-6-11-10(4-2-7-13-11)12(9)14-8-1/h1-8H/i7D. The van der Waals surface area contributed by atoms with Crippen LogP contribution in [-0.4, -0.2) is 9.97 Å². The van der Waals surface area contributed by atoms with Crippen LogP contribution in [-0.2, 0) is 0 Å². The van der Waals surface area contributed by atoms with Crippen molar-refractivity contribution in [1.82, 2.24) is 9.97 Å². The summed E-state index contributed by atoms with van der Waals surface area (Å²) in [6.07, 6.45) is 2.06. The van der Waals surface area contributed by atoms with Crippen LogP contribution < -0.4 is 0 Å². The molecule has 0 aliphatic heterocycles. The molecule has 0 saturated carbocycles. The van der Waals surface area contributed by atoms with Crippen LogP contribution in [0.4, 0.5) is 0 Å². The van der Waals surface area contributed by atoms with E-state index >= 15 is 0 Å². The molecule has 2 nitrogen and oxygen atoms in total. The van der Waals surface area contributed by atoms with Crippen LogP contribution in [0.15, 0.2) is 48.8 Å². The lowest BCUT2D eigenvalue weighted by Gasteiger charge is -2.00. The topological polar surface area (TPSA) is 25.8 Å². The van der Waals surface area contributed by atoms with Gasteiger partial charge in [-0.3, -0.25) is 9.97 Å². The lowest BCUT2D eigenvalue weighted by molar-refractivity contribution is 1.39. The maximum Gasteiger partial charge on any atom is 0.0840 e. The summed E-state index contributed by atoms with van der Waals surface area (Å²) in [5, 5.41) is 2.11. The molecule has 2 heteroatoms. The molecule has 0 spiro atoms. The van der Waals surface area contributed by atoms with Gasteiger partial charge in [-0.2, -0.15) is 0 Å². The lowest BCUT2D eigenvalue weighted by Crippen LogP contribution is -1.82. The van der Waals surface area contributed by atoms with Gasteiger partial charge in [-0.1, -0.05) is 12.1 Å². The van der Waals surface area contributed by atoms with E-state index in [1.165, 1.54) is 0 Å². The Balaban J connectivity index is 2.55. The van der Waals surface area contributed by atoms with Crippen LogP contribution in [0.25, 0.3) is 21.8 Å². The van der Waals surface area contributed by atoms with Crippen LogP contribution in [0, 0.1) is 0 Å². The van der Waals surface area contributed by atoms with Crippen LogP contribution in [0.5, 0.6) is 0 Å². The smallest absolute Gasteiger partial charge is 0.0840 e. The van der Waals surface area contributed by atoms with E-state index in [0.717, 1.165) is 21.8 Å². The zero-order chi connectivity index (χ0) is 10.3. The lowest BCUT2D eigenvalue weighted by atomic mass is 10.1. The fraction of sp³-hybridized carbons (Fsp3) is 0. The molecule has 66 valence electrons. The maximum absolute atomic E-state index is 7.45. The highest BCUT2D eigenvalue weighted by molar-refractivity contribution is 6.03. The minimum absolute atomic E-state index is 0.290. The molecular weight excluding hydrogens is 172 g/mol. The molecule has 0 atom stereocenters. The zero-order valence-electron chi connectivity index (χ0n) is 8.44. The molecule has 14 heavy (non-hydrogen) atoms. The maximum atomic E-state index is 7.45. The average Bonchev–Trinajstić information content (AvgIpc) is 2.28. The fourth-order valence-corrected chi connectivity index (χ4v) is 1.65. The van der Waals surface area contributed by atoms with Crippen molar-refractivity contribution < 1.29 is 1.37 Å². The number of nitrogens with zero attached hydrogens (tertiary/aromatic N) is 2. The summed E-state index contributed by atoms with van der Waals surface area (Å²) in [7, 11) is 0. The van der Waals surface area contributed by atoms with Crippen molar-refractivity contribution >= 4 is 21.8 Å². The summed E-state index contributed by atoms with van der Waals surface area (Å²) < 4.78 is 7.45. The van der Waals surface area contributed by atoms with Gasteiger partial charge in [0.15, 0.2) is 0 Å². The predicted molar refractivity (Wildman–Crippen MR) is 57.0 cm³/mol. The highest BCUT2D eigenvalue weighted by Gasteiger charge is 1.99. The SMILES string of the molecule is [2H]c1ccc2c(ccc3cccnc32)n1. The van der Waals surface area contributed by atoms with Gasteiger partial charge < -0.3 is 0 Å². The molecule has 0 bridgehead atoms. The van der Waals surface area contributed by atoms with Crippen molar-refractivity contribution in [1.29, 1.82) is 0 Å². The van der Waals surface area contributed by atoms with Gasteiger partial charge in [0, 0.05) is 23.1 Å². The molecule has 0 aliphatic carbocycles. The molecule has 0 fully saturated rings. The van der Waals surface area contributed by atoms with Crippen molar-refractivity contribution in [3.63, 3.8) is 0 Å². The van der Waals surface area contributed by atoms with E-state index in [2.05, 4.69) is 9.97 Å². The Morgan fingerprint density at radius 3 is 3.00 bits per heavy atom. The van der Waals surface area contributed by atoms with Gasteiger partial charge >= 0.3 is 0 Å². The Morgan fingerprint density at radius 2 is 2.00 bits per heavy atom. The molecule has 0 unspecified atom stereocenters. The Kier molecular flexibility index (Phi) is 1.28. The molecular formula is C12H8N2. The van der Waals surface area contributed by atoms with Gasteiger partial charge in [-0.05, 0) is 24.3 Å². The monoisotopic (exact) mass is 181 g/mol. The number of pyridine rings is 2. The summed E-state index contributed by atoms with van der Waals surface area (Å²) in [5.74, 6) is 0. The van der Waals surface area contributed by atoms with Crippen molar-refractivity contribution in [3.8, 4) is 0 Å². The van der Waals surface area contributed by atoms with E-state index in [4.69, 9.17) is 1.37 Å². The molecule has 0 radical (unpaired) electrons. The molecule has 3 aromatic rings. The number of hydrogen-bond acceptors (Lipinski definition) is 2. The summed E-state index contributed by atoms with van der Waals surface area (Å²) in [6, 6.07) is 11.4. The van der Waals surface area contributed by atoms with Gasteiger partial charge in [-0.25, -0.2) is 0 Å². The molecule has 0 N–H and O–H groups in total. The zero-order valence-corrected chi connectivity index (χ0v) is 7.44. The van der Waals surface area contributed by atoms with Crippen LogP contribution in [0.2, 0.25) is 0 Å². The number of hydrogen-bond donors (Lipinski definition) is 0. The molecule has 0 amide bonds. The Morgan fingerprint density at radius 1 is 1.00 bits per heavy atom. The fourth-order valence-electron chi connectivity index (χ4n) is 1.65. The van der Waals surface area contributed by atoms with Gasteiger partial charge in [0.25, 0.3) is 0 Å². The Labute approximate surface area is 82.6 Å².